The van der Waals surface area contributed by atoms with Gasteiger partial charge in [-0.3, -0.25) is 4.90 Å². The minimum Gasteiger partial charge on any atom is -0.395 e. The highest BCUT2D eigenvalue weighted by Gasteiger charge is 2.27. The Labute approximate surface area is 92.2 Å². The molecular weight excluding hydrogens is 198 g/mol. The van der Waals surface area contributed by atoms with Crippen molar-refractivity contribution >= 4 is 11.6 Å². The minimum absolute atomic E-state index is 0.304. The highest BCUT2D eigenvalue weighted by Crippen LogP contribution is 2.26. The molecule has 0 atom stereocenters. The second-order valence-electron chi connectivity index (χ2n) is 4.09. The lowest BCUT2D eigenvalue weighted by Crippen LogP contribution is -2.30. The summed E-state index contributed by atoms with van der Waals surface area (Å²) >= 11 is 5.61. The largest absolute Gasteiger partial charge is 0.395 e. The summed E-state index contributed by atoms with van der Waals surface area (Å²) in [7, 11) is 0. The number of alkyl halides is 1. The number of unbranched alkanes of at least 4 members (excludes halogenated alkanes) is 3. The molecule has 0 aromatic carbocycles. The van der Waals surface area contributed by atoms with E-state index in [0.29, 0.717) is 6.61 Å². The maximum absolute atomic E-state index is 8.89. The van der Waals surface area contributed by atoms with E-state index in [9.17, 15) is 0 Å². The Bertz CT molecular complexity index is 139. The van der Waals surface area contributed by atoms with Crippen LogP contribution in [-0.2, 0) is 0 Å². The first-order chi connectivity index (χ1) is 6.88. The molecule has 2 nitrogen and oxygen atoms in total. The fourth-order valence-corrected chi connectivity index (χ4v) is 2.00. The molecule has 1 aliphatic rings. The molecule has 0 heterocycles. The van der Waals surface area contributed by atoms with Crippen LogP contribution in [0.4, 0.5) is 0 Å². The van der Waals surface area contributed by atoms with Gasteiger partial charge in [-0.2, -0.15) is 0 Å². The molecule has 1 fully saturated rings. The zero-order valence-electron chi connectivity index (χ0n) is 8.92. The van der Waals surface area contributed by atoms with Crippen LogP contribution in [0.1, 0.15) is 38.5 Å². The predicted octanol–water partition coefficient (Wildman–Crippen LogP) is 2.24. The lowest BCUT2D eigenvalue weighted by molar-refractivity contribution is 0.186. The molecule has 0 spiro atoms. The SMILES string of the molecule is OCCN(CCCCCCCl)C1CC1. The van der Waals surface area contributed by atoms with Crippen LogP contribution < -0.4 is 0 Å². The lowest BCUT2D eigenvalue weighted by Gasteiger charge is -2.20. The second kappa shape index (κ2) is 7.49. The fraction of sp³-hybridized carbons (Fsp3) is 1.00. The zero-order chi connectivity index (χ0) is 10.2. The van der Waals surface area contributed by atoms with Crippen LogP contribution in [0.25, 0.3) is 0 Å². The molecule has 14 heavy (non-hydrogen) atoms. The quantitative estimate of drug-likeness (QED) is 0.475. The van der Waals surface area contributed by atoms with Crippen LogP contribution >= 0.6 is 11.6 Å². The minimum atomic E-state index is 0.304. The first-order valence-corrected chi connectivity index (χ1v) is 6.33. The van der Waals surface area contributed by atoms with Gasteiger partial charge < -0.3 is 5.11 Å². The third kappa shape index (κ3) is 5.18. The van der Waals surface area contributed by atoms with Crippen molar-refractivity contribution in [2.75, 3.05) is 25.6 Å². The number of hydrogen-bond donors (Lipinski definition) is 1. The molecule has 0 amide bonds. The Balaban J connectivity index is 1.96. The van der Waals surface area contributed by atoms with Gasteiger partial charge in [0.1, 0.15) is 0 Å². The van der Waals surface area contributed by atoms with E-state index < -0.39 is 0 Å². The van der Waals surface area contributed by atoms with Crippen LogP contribution in [0.2, 0.25) is 0 Å². The van der Waals surface area contributed by atoms with Crippen molar-refractivity contribution in [1.29, 1.82) is 0 Å². The van der Waals surface area contributed by atoms with Gasteiger partial charge in [-0.1, -0.05) is 12.8 Å². The average Bonchev–Trinajstić information content (AvgIpc) is 2.99. The van der Waals surface area contributed by atoms with Crippen molar-refractivity contribution < 1.29 is 5.11 Å². The molecular formula is C11H22ClNO. The summed E-state index contributed by atoms with van der Waals surface area (Å²) in [6.07, 6.45) is 7.60. The van der Waals surface area contributed by atoms with Gasteiger partial charge in [0, 0.05) is 18.5 Å². The first-order valence-electron chi connectivity index (χ1n) is 5.79. The van der Waals surface area contributed by atoms with Crippen molar-refractivity contribution in [3.63, 3.8) is 0 Å². The van der Waals surface area contributed by atoms with E-state index in [0.717, 1.165) is 31.4 Å². The molecule has 1 rings (SSSR count). The standard InChI is InChI=1S/C11H22ClNO/c12-7-3-1-2-4-8-13(9-10-14)11-5-6-11/h11,14H,1-10H2. The van der Waals surface area contributed by atoms with E-state index in [1.807, 2.05) is 0 Å². The van der Waals surface area contributed by atoms with E-state index in [-0.39, 0.29) is 0 Å². The van der Waals surface area contributed by atoms with Crippen molar-refractivity contribution in [2.24, 2.45) is 0 Å². The Morgan fingerprint density at radius 3 is 2.36 bits per heavy atom. The summed E-state index contributed by atoms with van der Waals surface area (Å²) in [5, 5.41) is 8.89. The Morgan fingerprint density at radius 2 is 1.79 bits per heavy atom. The van der Waals surface area contributed by atoms with Gasteiger partial charge in [-0.15, -0.1) is 11.6 Å². The third-order valence-corrected chi connectivity index (χ3v) is 3.05. The monoisotopic (exact) mass is 219 g/mol. The van der Waals surface area contributed by atoms with Gasteiger partial charge in [0.2, 0.25) is 0 Å². The average molecular weight is 220 g/mol. The molecule has 0 radical (unpaired) electrons. The molecule has 1 saturated carbocycles. The van der Waals surface area contributed by atoms with E-state index in [2.05, 4.69) is 4.90 Å². The molecule has 0 aliphatic heterocycles. The van der Waals surface area contributed by atoms with Gasteiger partial charge in [0.15, 0.2) is 0 Å². The molecule has 3 heteroatoms. The first kappa shape index (κ1) is 12.3. The van der Waals surface area contributed by atoms with Crippen molar-refractivity contribution in [3.8, 4) is 0 Å². The van der Waals surface area contributed by atoms with Crippen LogP contribution in [0.15, 0.2) is 0 Å². The third-order valence-electron chi connectivity index (χ3n) is 2.78. The maximum Gasteiger partial charge on any atom is 0.0558 e. The van der Waals surface area contributed by atoms with Crippen molar-refractivity contribution in [3.05, 3.63) is 0 Å². The molecule has 0 bridgehead atoms. The van der Waals surface area contributed by atoms with E-state index in [1.165, 1.54) is 32.1 Å². The summed E-state index contributed by atoms with van der Waals surface area (Å²) in [6.45, 7) is 2.33. The predicted molar refractivity (Wildman–Crippen MR) is 60.9 cm³/mol. The van der Waals surface area contributed by atoms with Crippen LogP contribution in [0, 0.1) is 0 Å². The van der Waals surface area contributed by atoms with E-state index in [1.54, 1.807) is 0 Å². The Kier molecular flexibility index (Phi) is 6.57. The topological polar surface area (TPSA) is 23.5 Å². The Hall–Kier alpha value is 0.210. The molecule has 0 aromatic rings. The van der Waals surface area contributed by atoms with E-state index >= 15 is 0 Å². The number of rotatable bonds is 9. The molecule has 0 aromatic heterocycles. The normalized spacial score (nSPS) is 16.5. The number of aliphatic hydroxyl groups excluding tert-OH is 1. The smallest absolute Gasteiger partial charge is 0.0558 e. The molecule has 1 N–H and O–H groups in total. The summed E-state index contributed by atoms with van der Waals surface area (Å²) in [5.41, 5.74) is 0. The number of aliphatic hydroxyl groups is 1. The summed E-state index contributed by atoms with van der Waals surface area (Å²) in [5.74, 6) is 0.795. The lowest BCUT2D eigenvalue weighted by atomic mass is 10.2. The van der Waals surface area contributed by atoms with Crippen LogP contribution in [-0.4, -0.2) is 41.6 Å². The van der Waals surface area contributed by atoms with E-state index in [4.69, 9.17) is 16.7 Å². The maximum atomic E-state index is 8.89. The second-order valence-corrected chi connectivity index (χ2v) is 4.47. The highest BCUT2D eigenvalue weighted by molar-refractivity contribution is 6.17. The van der Waals surface area contributed by atoms with Crippen LogP contribution in [0.3, 0.4) is 0 Å². The zero-order valence-corrected chi connectivity index (χ0v) is 9.68. The summed E-state index contributed by atoms with van der Waals surface area (Å²) in [6, 6.07) is 0.787. The number of hydrogen-bond acceptors (Lipinski definition) is 2. The van der Waals surface area contributed by atoms with Gasteiger partial charge in [-0.05, 0) is 32.2 Å². The Morgan fingerprint density at radius 1 is 1.07 bits per heavy atom. The molecule has 1 aliphatic carbocycles. The van der Waals surface area contributed by atoms with Gasteiger partial charge in [-0.25, -0.2) is 0 Å². The fourth-order valence-electron chi connectivity index (χ4n) is 1.81. The van der Waals surface area contributed by atoms with Crippen molar-refractivity contribution in [1.82, 2.24) is 4.90 Å². The van der Waals surface area contributed by atoms with Gasteiger partial charge in [0.05, 0.1) is 6.61 Å². The number of halogens is 1. The molecule has 0 unspecified atom stereocenters. The van der Waals surface area contributed by atoms with Gasteiger partial charge >= 0.3 is 0 Å². The van der Waals surface area contributed by atoms with Gasteiger partial charge in [0.25, 0.3) is 0 Å². The molecule has 0 saturated heterocycles. The highest BCUT2D eigenvalue weighted by atomic mass is 35.5. The summed E-state index contributed by atoms with van der Waals surface area (Å²) in [4.78, 5) is 2.43. The van der Waals surface area contributed by atoms with Crippen LogP contribution in [0.5, 0.6) is 0 Å². The molecule has 84 valence electrons. The number of nitrogens with zero attached hydrogens (tertiary/aromatic N) is 1. The van der Waals surface area contributed by atoms with Crippen molar-refractivity contribution in [2.45, 2.75) is 44.6 Å². The summed E-state index contributed by atoms with van der Waals surface area (Å²) < 4.78 is 0.